The van der Waals surface area contributed by atoms with Crippen LogP contribution in [0.25, 0.3) is 0 Å². The van der Waals surface area contributed by atoms with Crippen LogP contribution in [-0.2, 0) is 4.74 Å². The van der Waals surface area contributed by atoms with E-state index in [2.05, 4.69) is 52.0 Å². The molecule has 0 N–H and O–H groups in total. The van der Waals surface area contributed by atoms with Crippen molar-refractivity contribution in [2.24, 2.45) is 0 Å². The molecule has 22 heavy (non-hydrogen) atoms. The van der Waals surface area contributed by atoms with Crippen molar-refractivity contribution in [1.29, 1.82) is 0 Å². The minimum absolute atomic E-state index is 0.423. The second kappa shape index (κ2) is 10.2. The number of alkyl halides is 1. The molecule has 1 unspecified atom stereocenters. The van der Waals surface area contributed by atoms with Crippen molar-refractivity contribution in [3.05, 3.63) is 29.8 Å². The highest BCUT2D eigenvalue weighted by Crippen LogP contribution is 2.24. The molecule has 0 spiro atoms. The Hall–Kier alpha value is -0.580. The number of halogens is 1. The van der Waals surface area contributed by atoms with E-state index in [1.165, 1.54) is 24.8 Å². The minimum atomic E-state index is 0.423. The molecule has 0 amide bonds. The third kappa shape index (κ3) is 5.90. The zero-order chi connectivity index (χ0) is 15.6. The molecule has 1 heterocycles. The first kappa shape index (κ1) is 17.8. The van der Waals surface area contributed by atoms with Crippen molar-refractivity contribution in [2.75, 3.05) is 38.2 Å². The second-order valence-electron chi connectivity index (χ2n) is 5.85. The van der Waals surface area contributed by atoms with Gasteiger partial charge in [0.1, 0.15) is 5.75 Å². The van der Waals surface area contributed by atoms with E-state index in [0.717, 1.165) is 50.4 Å². The van der Waals surface area contributed by atoms with Gasteiger partial charge >= 0.3 is 0 Å². The molecular weight excluding hydrogens is 342 g/mol. The van der Waals surface area contributed by atoms with Crippen LogP contribution in [0.3, 0.4) is 0 Å². The van der Waals surface area contributed by atoms with Gasteiger partial charge < -0.3 is 9.47 Å². The monoisotopic (exact) mass is 369 g/mol. The lowest BCUT2D eigenvalue weighted by Crippen LogP contribution is -2.38. The van der Waals surface area contributed by atoms with Gasteiger partial charge in [0, 0.05) is 24.5 Å². The van der Waals surface area contributed by atoms with E-state index in [-0.39, 0.29) is 0 Å². The Balaban J connectivity index is 1.78. The predicted octanol–water partition coefficient (Wildman–Crippen LogP) is 4.41. The molecule has 0 aliphatic carbocycles. The quantitative estimate of drug-likeness (QED) is 0.475. The van der Waals surface area contributed by atoms with Crippen LogP contribution in [-0.4, -0.2) is 43.1 Å². The number of ether oxygens (including phenoxy) is 2. The van der Waals surface area contributed by atoms with E-state index < -0.39 is 0 Å². The Morgan fingerprint density at radius 1 is 1.18 bits per heavy atom. The van der Waals surface area contributed by atoms with Crippen LogP contribution < -0.4 is 4.74 Å². The molecule has 1 aromatic rings. The van der Waals surface area contributed by atoms with Crippen molar-refractivity contribution in [3.8, 4) is 5.75 Å². The summed E-state index contributed by atoms with van der Waals surface area (Å²) in [6.07, 6.45) is 4.92. The molecule has 1 atom stereocenters. The van der Waals surface area contributed by atoms with Crippen LogP contribution in [0, 0.1) is 0 Å². The van der Waals surface area contributed by atoms with E-state index in [4.69, 9.17) is 9.47 Å². The smallest absolute Gasteiger partial charge is 0.119 e. The first-order chi connectivity index (χ1) is 10.8. The first-order valence-corrected chi connectivity index (χ1v) is 9.54. The highest BCUT2D eigenvalue weighted by Gasteiger charge is 2.18. The zero-order valence-electron chi connectivity index (χ0n) is 13.6. The standard InChI is InChI=1S/C18H28BrNO2/c1-16(20-10-13-21-14-11-20)17-7-6-8-18(15-17)22-12-5-3-2-4-9-19/h6-8,15-16H,2-5,9-14H2,1H3. The molecule has 1 aromatic carbocycles. The normalized spacial score (nSPS) is 17.4. The Morgan fingerprint density at radius 3 is 2.73 bits per heavy atom. The molecular formula is C18H28BrNO2. The van der Waals surface area contributed by atoms with E-state index in [1.54, 1.807) is 0 Å². The molecule has 4 heteroatoms. The van der Waals surface area contributed by atoms with Crippen LogP contribution in [0.2, 0.25) is 0 Å². The molecule has 1 aliphatic heterocycles. The van der Waals surface area contributed by atoms with Crippen LogP contribution in [0.5, 0.6) is 5.75 Å². The first-order valence-electron chi connectivity index (χ1n) is 8.42. The number of hydrogen-bond acceptors (Lipinski definition) is 3. The molecule has 1 fully saturated rings. The largest absolute Gasteiger partial charge is 0.494 e. The molecule has 1 aliphatic rings. The maximum Gasteiger partial charge on any atom is 0.119 e. The summed E-state index contributed by atoms with van der Waals surface area (Å²) in [6.45, 7) is 6.80. The number of nitrogens with zero attached hydrogens (tertiary/aromatic N) is 1. The molecule has 0 radical (unpaired) electrons. The molecule has 0 saturated carbocycles. The molecule has 0 bridgehead atoms. The van der Waals surface area contributed by atoms with Crippen molar-refractivity contribution < 1.29 is 9.47 Å². The Kier molecular flexibility index (Phi) is 8.27. The summed E-state index contributed by atoms with van der Waals surface area (Å²) in [7, 11) is 0. The van der Waals surface area contributed by atoms with Crippen molar-refractivity contribution in [2.45, 2.75) is 38.6 Å². The number of hydrogen-bond donors (Lipinski definition) is 0. The third-order valence-corrected chi connectivity index (χ3v) is 4.79. The van der Waals surface area contributed by atoms with Gasteiger partial charge in [0.05, 0.1) is 19.8 Å². The maximum atomic E-state index is 5.91. The van der Waals surface area contributed by atoms with Gasteiger partial charge in [0.25, 0.3) is 0 Å². The summed E-state index contributed by atoms with van der Waals surface area (Å²) in [5.41, 5.74) is 1.33. The lowest BCUT2D eigenvalue weighted by Gasteiger charge is -2.32. The zero-order valence-corrected chi connectivity index (χ0v) is 15.2. The molecule has 3 nitrogen and oxygen atoms in total. The average molecular weight is 370 g/mol. The maximum absolute atomic E-state index is 5.91. The predicted molar refractivity (Wildman–Crippen MR) is 95.0 cm³/mol. The van der Waals surface area contributed by atoms with Gasteiger partial charge in [-0.25, -0.2) is 0 Å². The Labute approximate surface area is 143 Å². The number of rotatable bonds is 9. The molecule has 124 valence electrons. The number of morpholine rings is 1. The summed E-state index contributed by atoms with van der Waals surface area (Å²) in [4.78, 5) is 2.48. The van der Waals surface area contributed by atoms with E-state index in [9.17, 15) is 0 Å². The highest BCUT2D eigenvalue weighted by atomic mass is 79.9. The summed E-state index contributed by atoms with van der Waals surface area (Å²) >= 11 is 3.47. The van der Waals surface area contributed by atoms with Gasteiger partial charge in [-0.1, -0.05) is 40.9 Å². The lowest BCUT2D eigenvalue weighted by atomic mass is 10.1. The van der Waals surface area contributed by atoms with Crippen LogP contribution in [0.1, 0.15) is 44.2 Å². The fourth-order valence-corrected chi connectivity index (χ4v) is 3.18. The SMILES string of the molecule is CC(c1cccc(OCCCCCCBr)c1)N1CCOCC1. The summed E-state index contributed by atoms with van der Waals surface area (Å²) in [5.74, 6) is 0.998. The van der Waals surface area contributed by atoms with E-state index in [0.29, 0.717) is 6.04 Å². The summed E-state index contributed by atoms with van der Waals surface area (Å²) in [6, 6.07) is 8.98. The van der Waals surface area contributed by atoms with Crippen LogP contribution in [0.15, 0.2) is 24.3 Å². The van der Waals surface area contributed by atoms with Gasteiger partial charge in [-0.05, 0) is 37.5 Å². The van der Waals surface area contributed by atoms with Crippen LogP contribution in [0.4, 0.5) is 0 Å². The topological polar surface area (TPSA) is 21.7 Å². The molecule has 1 saturated heterocycles. The van der Waals surface area contributed by atoms with Crippen molar-refractivity contribution in [1.82, 2.24) is 4.90 Å². The fraction of sp³-hybridized carbons (Fsp3) is 0.667. The Morgan fingerprint density at radius 2 is 1.95 bits per heavy atom. The minimum Gasteiger partial charge on any atom is -0.494 e. The Bertz CT molecular complexity index is 421. The second-order valence-corrected chi connectivity index (χ2v) is 6.64. The van der Waals surface area contributed by atoms with Crippen LogP contribution >= 0.6 is 15.9 Å². The van der Waals surface area contributed by atoms with Crippen molar-refractivity contribution in [3.63, 3.8) is 0 Å². The summed E-state index contributed by atoms with van der Waals surface area (Å²) in [5, 5.41) is 1.11. The average Bonchev–Trinajstić information content (AvgIpc) is 2.58. The van der Waals surface area contributed by atoms with Gasteiger partial charge in [-0.3, -0.25) is 4.90 Å². The number of unbranched alkanes of at least 4 members (excludes halogenated alkanes) is 3. The van der Waals surface area contributed by atoms with Gasteiger partial charge in [-0.15, -0.1) is 0 Å². The van der Waals surface area contributed by atoms with Gasteiger partial charge in [0.15, 0.2) is 0 Å². The van der Waals surface area contributed by atoms with E-state index in [1.807, 2.05) is 0 Å². The number of benzene rings is 1. The molecule has 2 rings (SSSR count). The van der Waals surface area contributed by atoms with Gasteiger partial charge in [-0.2, -0.15) is 0 Å². The van der Waals surface area contributed by atoms with Crippen molar-refractivity contribution >= 4 is 15.9 Å². The summed E-state index contributed by atoms with van der Waals surface area (Å²) < 4.78 is 11.3. The lowest BCUT2D eigenvalue weighted by molar-refractivity contribution is 0.0198. The molecule has 0 aromatic heterocycles. The van der Waals surface area contributed by atoms with E-state index >= 15 is 0 Å². The third-order valence-electron chi connectivity index (χ3n) is 4.23. The fourth-order valence-electron chi connectivity index (χ4n) is 2.78. The highest BCUT2D eigenvalue weighted by molar-refractivity contribution is 9.09. The van der Waals surface area contributed by atoms with Gasteiger partial charge in [0.2, 0.25) is 0 Å².